The van der Waals surface area contributed by atoms with E-state index < -0.39 is 0 Å². The van der Waals surface area contributed by atoms with Gasteiger partial charge in [0.2, 0.25) is 0 Å². The summed E-state index contributed by atoms with van der Waals surface area (Å²) >= 11 is 0. The Balaban J connectivity index is 0.000000320. The Kier molecular flexibility index (Phi) is 12.1. The van der Waals surface area contributed by atoms with Crippen LogP contribution in [0.3, 0.4) is 0 Å². The minimum absolute atomic E-state index is 0.581. The molecule has 0 saturated heterocycles. The molecule has 0 aromatic heterocycles. The van der Waals surface area contributed by atoms with Crippen LogP contribution in [0.25, 0.3) is 11.3 Å². The molecular weight excluding hydrogens is 392 g/mol. The zero-order chi connectivity index (χ0) is 23.9. The van der Waals surface area contributed by atoms with Gasteiger partial charge in [0.15, 0.2) is 0 Å². The van der Waals surface area contributed by atoms with Gasteiger partial charge in [-0.05, 0) is 73.4 Å². The van der Waals surface area contributed by atoms with Crippen LogP contribution in [0, 0.1) is 0 Å². The Bertz CT molecular complexity index is 894. The molecule has 0 spiro atoms. The number of rotatable bonds is 11. The summed E-state index contributed by atoms with van der Waals surface area (Å²) in [6.07, 6.45) is 7.83. The maximum absolute atomic E-state index is 5.59. The van der Waals surface area contributed by atoms with Crippen LogP contribution < -0.4 is 21.7 Å². The molecule has 0 saturated carbocycles. The Labute approximate surface area is 195 Å². The van der Waals surface area contributed by atoms with Crippen molar-refractivity contribution in [3.63, 3.8) is 0 Å². The number of allylic oxidation sites excluding steroid dienone is 3. The van der Waals surface area contributed by atoms with Crippen LogP contribution >= 0.6 is 0 Å². The fourth-order valence-corrected chi connectivity index (χ4v) is 2.92. The number of nitrogens with one attached hydrogen (secondary N) is 1. The van der Waals surface area contributed by atoms with Gasteiger partial charge in [-0.25, -0.2) is 0 Å². The first-order valence-corrected chi connectivity index (χ1v) is 11.1. The molecule has 4 heteroatoms. The van der Waals surface area contributed by atoms with Crippen LogP contribution in [0.2, 0.25) is 0 Å². The maximum Gasteiger partial charge on any atom is 0.0382 e. The molecule has 0 aliphatic rings. The summed E-state index contributed by atoms with van der Waals surface area (Å²) in [7, 11) is 2.14. The third-order valence-corrected chi connectivity index (χ3v) is 5.07. The molecule has 172 valence electrons. The van der Waals surface area contributed by atoms with Crippen molar-refractivity contribution in [2.24, 2.45) is 11.5 Å². The summed E-state index contributed by atoms with van der Waals surface area (Å²) in [6.45, 7) is 16.7. The quantitative estimate of drug-likeness (QED) is 0.344. The summed E-state index contributed by atoms with van der Waals surface area (Å²) in [5.41, 5.74) is 18.2. The van der Waals surface area contributed by atoms with Gasteiger partial charge in [0.05, 0.1) is 0 Å². The Morgan fingerprint density at radius 3 is 2.34 bits per heavy atom. The molecular formula is C28H40N4. The van der Waals surface area contributed by atoms with E-state index in [-0.39, 0.29) is 0 Å². The van der Waals surface area contributed by atoms with Crippen molar-refractivity contribution in [2.45, 2.75) is 39.5 Å². The molecule has 4 nitrogen and oxygen atoms in total. The predicted molar refractivity (Wildman–Crippen MR) is 144 cm³/mol. The molecule has 0 unspecified atom stereocenters. The average molecular weight is 433 g/mol. The average Bonchev–Trinajstić information content (AvgIpc) is 2.81. The molecule has 0 atom stereocenters. The van der Waals surface area contributed by atoms with E-state index >= 15 is 0 Å². The fourth-order valence-electron chi connectivity index (χ4n) is 2.92. The summed E-state index contributed by atoms with van der Waals surface area (Å²) in [5.74, 6) is 0. The van der Waals surface area contributed by atoms with Gasteiger partial charge in [0.1, 0.15) is 0 Å². The molecule has 2 aromatic rings. The van der Waals surface area contributed by atoms with Gasteiger partial charge in [0, 0.05) is 36.4 Å². The van der Waals surface area contributed by atoms with Crippen molar-refractivity contribution < 1.29 is 0 Å². The number of unbranched alkanes of at least 4 members (excludes halogenated alkanes) is 1. The lowest BCUT2D eigenvalue weighted by Gasteiger charge is -2.19. The first kappa shape index (κ1) is 26.6. The van der Waals surface area contributed by atoms with E-state index in [1.165, 1.54) is 24.1 Å². The predicted octanol–water partition coefficient (Wildman–Crippen LogP) is 6.75. The number of nitrogens with zero attached hydrogens (tertiary/aromatic N) is 1. The van der Waals surface area contributed by atoms with Gasteiger partial charge in [-0.15, -0.1) is 6.58 Å². The van der Waals surface area contributed by atoms with Crippen molar-refractivity contribution in [3.05, 3.63) is 97.4 Å². The van der Waals surface area contributed by atoms with Crippen molar-refractivity contribution in [3.8, 4) is 0 Å². The maximum atomic E-state index is 5.59. The summed E-state index contributed by atoms with van der Waals surface area (Å²) in [5, 5.41) is 3.23. The first-order chi connectivity index (χ1) is 15.3. The molecule has 0 aliphatic heterocycles. The number of hydrogen-bond acceptors (Lipinski definition) is 4. The Morgan fingerprint density at radius 2 is 1.78 bits per heavy atom. The second-order valence-corrected chi connectivity index (χ2v) is 7.83. The van der Waals surface area contributed by atoms with Gasteiger partial charge in [-0.1, -0.05) is 56.8 Å². The molecule has 2 rings (SSSR count). The van der Waals surface area contributed by atoms with Gasteiger partial charge in [0.25, 0.3) is 0 Å². The number of hydrogen-bond donors (Lipinski definition) is 3. The van der Waals surface area contributed by atoms with Gasteiger partial charge in [-0.2, -0.15) is 0 Å². The standard InChI is InChI=1S/C14H22N2.C14H18N2/c1-4-5-9-16(3)14-8-6-7-13(10-14)12(2)11-15;1-4-5-6-11(2)16-14-9-7-13(8-10-14)12(3)15/h6-8,10-11H,4-5,9,15H2,1-3H3;4,7-10,16H,1-3,5-6,15H2/b12-11+;. The normalized spacial score (nSPS) is 10.5. The fraction of sp³-hybridized carbons (Fsp3) is 0.286. The highest BCUT2D eigenvalue weighted by Gasteiger charge is 2.02. The largest absolute Gasteiger partial charge is 0.404 e. The molecule has 32 heavy (non-hydrogen) atoms. The van der Waals surface area contributed by atoms with E-state index in [9.17, 15) is 0 Å². The zero-order valence-corrected chi connectivity index (χ0v) is 20.0. The van der Waals surface area contributed by atoms with Gasteiger partial charge < -0.3 is 21.7 Å². The van der Waals surface area contributed by atoms with Crippen LogP contribution in [-0.2, 0) is 0 Å². The van der Waals surface area contributed by atoms with Gasteiger partial charge >= 0.3 is 0 Å². The second-order valence-electron chi connectivity index (χ2n) is 7.83. The molecule has 2 aromatic carbocycles. The SMILES string of the molecule is C=CCCC(=C)Nc1ccc(C(=C)N)cc1.CCCCN(C)c1cccc(/C(C)=C/N)c1. The first-order valence-electron chi connectivity index (χ1n) is 11.1. The smallest absolute Gasteiger partial charge is 0.0382 e. The lowest BCUT2D eigenvalue weighted by molar-refractivity contribution is 0.766. The highest BCUT2D eigenvalue weighted by molar-refractivity contribution is 5.67. The third-order valence-electron chi connectivity index (χ3n) is 5.07. The van der Waals surface area contributed by atoms with Crippen LogP contribution in [0.1, 0.15) is 50.7 Å². The van der Waals surface area contributed by atoms with Crippen molar-refractivity contribution in [1.82, 2.24) is 0 Å². The van der Waals surface area contributed by atoms with E-state index in [0.717, 1.165) is 41.9 Å². The number of benzene rings is 2. The van der Waals surface area contributed by atoms with E-state index in [2.05, 4.69) is 68.2 Å². The van der Waals surface area contributed by atoms with Crippen molar-refractivity contribution >= 4 is 22.6 Å². The summed E-state index contributed by atoms with van der Waals surface area (Å²) in [6, 6.07) is 16.3. The van der Waals surface area contributed by atoms with E-state index in [0.29, 0.717) is 5.70 Å². The highest BCUT2D eigenvalue weighted by Crippen LogP contribution is 2.20. The van der Waals surface area contributed by atoms with E-state index in [4.69, 9.17) is 11.5 Å². The molecule has 0 radical (unpaired) electrons. The number of nitrogens with two attached hydrogens (primary N) is 2. The van der Waals surface area contributed by atoms with E-state index in [1.54, 1.807) is 6.20 Å². The van der Waals surface area contributed by atoms with Crippen LogP contribution in [0.4, 0.5) is 11.4 Å². The van der Waals surface area contributed by atoms with Crippen molar-refractivity contribution in [1.29, 1.82) is 0 Å². The molecule has 0 aliphatic carbocycles. The lowest BCUT2D eigenvalue weighted by Crippen LogP contribution is -2.18. The topological polar surface area (TPSA) is 67.3 Å². The van der Waals surface area contributed by atoms with E-state index in [1.807, 2.05) is 37.3 Å². The van der Waals surface area contributed by atoms with Crippen LogP contribution in [0.15, 0.2) is 86.2 Å². The summed E-state index contributed by atoms with van der Waals surface area (Å²) < 4.78 is 0. The number of anilines is 2. The molecule has 0 amide bonds. The van der Waals surface area contributed by atoms with Gasteiger partial charge in [-0.3, -0.25) is 0 Å². The monoisotopic (exact) mass is 432 g/mol. The van der Waals surface area contributed by atoms with Crippen LogP contribution in [-0.4, -0.2) is 13.6 Å². The summed E-state index contributed by atoms with van der Waals surface area (Å²) in [4.78, 5) is 2.29. The van der Waals surface area contributed by atoms with Crippen molar-refractivity contribution in [2.75, 3.05) is 23.8 Å². The Morgan fingerprint density at radius 1 is 1.09 bits per heavy atom. The minimum atomic E-state index is 0.581. The van der Waals surface area contributed by atoms with Crippen LogP contribution in [0.5, 0.6) is 0 Å². The highest BCUT2D eigenvalue weighted by atomic mass is 15.1. The second kappa shape index (κ2) is 14.6. The minimum Gasteiger partial charge on any atom is -0.404 e. The lowest BCUT2D eigenvalue weighted by atomic mass is 10.1. The molecule has 0 fully saturated rings. The third kappa shape index (κ3) is 9.61. The zero-order valence-electron chi connectivity index (χ0n) is 20.0. The Hall–Kier alpha value is -3.40. The molecule has 5 N–H and O–H groups in total. The molecule has 0 heterocycles. The molecule has 0 bridgehead atoms.